The van der Waals surface area contributed by atoms with Crippen LogP contribution in [0, 0.1) is 6.08 Å². The first-order chi connectivity index (χ1) is 4.43. The van der Waals surface area contributed by atoms with E-state index < -0.39 is 0 Å². The minimum Gasteiger partial charge on any atom is -1.00 e. The summed E-state index contributed by atoms with van der Waals surface area (Å²) >= 11 is 0. The summed E-state index contributed by atoms with van der Waals surface area (Å²) in [4.78, 5) is 0. The largest absolute Gasteiger partial charge is 1.00 e. The van der Waals surface area contributed by atoms with Gasteiger partial charge in [0.25, 0.3) is 0 Å². The molecule has 1 rings (SSSR count). The maximum absolute atomic E-state index is 3.16. The first-order valence-electron chi connectivity index (χ1n) is 3.69. The normalized spacial score (nSPS) is 12.2. The molecule has 0 amide bonds. The number of unbranched alkanes of at least 4 members (excludes halogenated alkanes) is 1. The number of rotatable bonds is 3. The first kappa shape index (κ1) is 18.7. The Hall–Kier alpha value is 0.930. The van der Waals surface area contributed by atoms with E-state index >= 15 is 0 Å². The standard InChI is InChI=1S/C9H13.2ClH.Hf/c1-2-3-6-9-7-4-5-8-9;;;/h7-8H,2-4,6H2,1H3;2*1H;/q-1;;;/p-2. The zero-order chi connectivity index (χ0) is 6.53. The van der Waals surface area contributed by atoms with Crippen LogP contribution in [-0.2, 0) is 25.8 Å². The Morgan fingerprint density at radius 1 is 1.42 bits per heavy atom. The van der Waals surface area contributed by atoms with E-state index in [1.54, 1.807) is 0 Å². The van der Waals surface area contributed by atoms with Gasteiger partial charge >= 0.3 is 0 Å². The van der Waals surface area contributed by atoms with Gasteiger partial charge in [-0.1, -0.05) is 26.2 Å². The second-order valence-corrected chi connectivity index (χ2v) is 2.44. The van der Waals surface area contributed by atoms with Crippen LogP contribution < -0.4 is 24.8 Å². The molecule has 1 aliphatic rings. The summed E-state index contributed by atoms with van der Waals surface area (Å²) in [6.07, 6.45) is 12.5. The van der Waals surface area contributed by atoms with E-state index in [2.05, 4.69) is 25.2 Å². The van der Waals surface area contributed by atoms with Crippen LogP contribution in [0.4, 0.5) is 0 Å². The summed E-state index contributed by atoms with van der Waals surface area (Å²) in [5, 5.41) is 0. The molecule has 0 aromatic carbocycles. The van der Waals surface area contributed by atoms with E-state index in [-0.39, 0.29) is 50.7 Å². The molecular weight excluding hydrogens is 357 g/mol. The van der Waals surface area contributed by atoms with Gasteiger partial charge in [0.05, 0.1) is 0 Å². The second-order valence-electron chi connectivity index (χ2n) is 2.44. The number of halogens is 2. The van der Waals surface area contributed by atoms with Crippen molar-refractivity contribution in [2.45, 2.75) is 32.6 Å². The molecule has 0 aromatic heterocycles. The second kappa shape index (κ2) is 11.9. The predicted molar refractivity (Wildman–Crippen MR) is 40.0 cm³/mol. The van der Waals surface area contributed by atoms with Crippen molar-refractivity contribution in [3.05, 3.63) is 23.8 Å². The third-order valence-electron chi connectivity index (χ3n) is 1.59. The van der Waals surface area contributed by atoms with Gasteiger partial charge in [0.2, 0.25) is 0 Å². The molecule has 1 aliphatic carbocycles. The van der Waals surface area contributed by atoms with Crippen molar-refractivity contribution in [2.24, 2.45) is 0 Å². The topological polar surface area (TPSA) is 0 Å². The smallest absolute Gasteiger partial charge is 0 e. The van der Waals surface area contributed by atoms with E-state index in [1.165, 1.54) is 24.8 Å². The fraction of sp³-hybridized carbons (Fsp3) is 0.556. The van der Waals surface area contributed by atoms with Gasteiger partial charge in [-0.3, -0.25) is 6.08 Å². The minimum absolute atomic E-state index is 0. The molecule has 3 heteroatoms. The van der Waals surface area contributed by atoms with E-state index in [4.69, 9.17) is 0 Å². The van der Waals surface area contributed by atoms with Gasteiger partial charge in [-0.25, -0.2) is 11.6 Å². The summed E-state index contributed by atoms with van der Waals surface area (Å²) in [6, 6.07) is 0. The fourth-order valence-corrected chi connectivity index (χ4v) is 0.994. The van der Waals surface area contributed by atoms with Crippen LogP contribution in [0.15, 0.2) is 17.7 Å². The van der Waals surface area contributed by atoms with Crippen molar-refractivity contribution in [2.75, 3.05) is 0 Å². The summed E-state index contributed by atoms with van der Waals surface area (Å²) in [7, 11) is 0. The van der Waals surface area contributed by atoms with Gasteiger partial charge in [-0.2, -0.15) is 6.08 Å². The Bertz CT molecular complexity index is 141. The van der Waals surface area contributed by atoms with Crippen LogP contribution in [0.1, 0.15) is 32.6 Å². The molecule has 0 fully saturated rings. The van der Waals surface area contributed by atoms with Crippen LogP contribution in [0.3, 0.4) is 0 Å². The molecule has 70 valence electrons. The molecule has 0 unspecified atom stereocenters. The van der Waals surface area contributed by atoms with Crippen molar-refractivity contribution in [3.8, 4) is 0 Å². The quantitative estimate of drug-likeness (QED) is 0.364. The number of hydrogen-bond acceptors (Lipinski definition) is 0. The fourth-order valence-electron chi connectivity index (χ4n) is 0.994. The monoisotopic (exact) mass is 371 g/mol. The van der Waals surface area contributed by atoms with E-state index in [0.29, 0.717) is 0 Å². The molecule has 0 atom stereocenters. The minimum atomic E-state index is 0. The van der Waals surface area contributed by atoms with Crippen LogP contribution >= 0.6 is 0 Å². The molecule has 0 saturated heterocycles. The Morgan fingerprint density at radius 3 is 2.50 bits per heavy atom. The van der Waals surface area contributed by atoms with Gasteiger partial charge in [0.15, 0.2) is 0 Å². The van der Waals surface area contributed by atoms with E-state index in [1.807, 2.05) is 0 Å². The molecular formula is C9H13Cl2Hf-3. The Kier molecular flexibility index (Phi) is 18.6. The van der Waals surface area contributed by atoms with Crippen LogP contribution in [0.2, 0.25) is 0 Å². The van der Waals surface area contributed by atoms with Gasteiger partial charge in [-0.15, -0.1) is 6.42 Å². The molecule has 0 radical (unpaired) electrons. The maximum atomic E-state index is 3.16. The van der Waals surface area contributed by atoms with E-state index in [9.17, 15) is 0 Å². The molecule has 0 bridgehead atoms. The van der Waals surface area contributed by atoms with E-state index in [0.717, 1.165) is 6.42 Å². The average Bonchev–Trinajstić information content (AvgIpc) is 2.34. The molecule has 0 heterocycles. The van der Waals surface area contributed by atoms with Gasteiger partial charge in [0.1, 0.15) is 0 Å². The van der Waals surface area contributed by atoms with Gasteiger partial charge < -0.3 is 24.8 Å². The van der Waals surface area contributed by atoms with Crippen LogP contribution in [-0.4, -0.2) is 0 Å². The summed E-state index contributed by atoms with van der Waals surface area (Å²) < 4.78 is 0. The van der Waals surface area contributed by atoms with Crippen molar-refractivity contribution >= 4 is 0 Å². The Morgan fingerprint density at radius 2 is 2.08 bits per heavy atom. The SMILES string of the molecule is CCCCC1=CC[C-]=C1.[Cl-].[Cl-].[Hf]. The third kappa shape index (κ3) is 7.57. The number of allylic oxidation sites excluding steroid dienone is 4. The molecule has 0 spiro atoms. The Labute approximate surface area is 106 Å². The van der Waals surface area contributed by atoms with Crippen molar-refractivity contribution in [1.29, 1.82) is 0 Å². The first-order valence-corrected chi connectivity index (χ1v) is 3.69. The van der Waals surface area contributed by atoms with Gasteiger partial charge in [0, 0.05) is 25.8 Å². The molecule has 12 heavy (non-hydrogen) atoms. The molecule has 0 aliphatic heterocycles. The van der Waals surface area contributed by atoms with Crippen molar-refractivity contribution in [1.82, 2.24) is 0 Å². The molecule has 0 N–H and O–H groups in total. The van der Waals surface area contributed by atoms with Crippen LogP contribution in [0.25, 0.3) is 0 Å². The zero-order valence-electron chi connectivity index (χ0n) is 7.24. The average molecular weight is 371 g/mol. The van der Waals surface area contributed by atoms with Crippen molar-refractivity contribution < 1.29 is 50.7 Å². The predicted octanol–water partition coefficient (Wildman–Crippen LogP) is -3.13. The molecule has 0 aromatic rings. The Balaban J connectivity index is -0.000000270. The summed E-state index contributed by atoms with van der Waals surface area (Å²) in [5.74, 6) is 0. The maximum Gasteiger partial charge on any atom is 0 e. The molecule has 0 saturated carbocycles. The molecule has 0 nitrogen and oxygen atoms in total. The van der Waals surface area contributed by atoms with Crippen molar-refractivity contribution in [3.63, 3.8) is 0 Å². The summed E-state index contributed by atoms with van der Waals surface area (Å²) in [5.41, 5.74) is 1.48. The summed E-state index contributed by atoms with van der Waals surface area (Å²) in [6.45, 7) is 2.23. The third-order valence-corrected chi connectivity index (χ3v) is 1.59. The zero-order valence-corrected chi connectivity index (χ0v) is 12.3. The number of hydrogen-bond donors (Lipinski definition) is 0. The van der Waals surface area contributed by atoms with Gasteiger partial charge in [-0.05, 0) is 0 Å². The van der Waals surface area contributed by atoms with Crippen LogP contribution in [0.5, 0.6) is 0 Å².